The van der Waals surface area contributed by atoms with Crippen LogP contribution in [0.2, 0.25) is 0 Å². The number of aliphatic hydroxyl groups is 1. The minimum absolute atomic E-state index is 0.293. The summed E-state index contributed by atoms with van der Waals surface area (Å²) in [5.41, 5.74) is 1.24. The molecule has 0 heterocycles. The van der Waals surface area contributed by atoms with Crippen molar-refractivity contribution in [2.24, 2.45) is 0 Å². The van der Waals surface area contributed by atoms with Gasteiger partial charge in [0, 0.05) is 20.2 Å². The molecule has 0 saturated heterocycles. The maximum absolute atomic E-state index is 9.76. The quantitative estimate of drug-likeness (QED) is 0.670. The maximum atomic E-state index is 9.76. The van der Waals surface area contributed by atoms with Gasteiger partial charge in [-0.25, -0.2) is 0 Å². The number of rotatable bonds is 9. The van der Waals surface area contributed by atoms with Crippen LogP contribution in [0.15, 0.2) is 24.3 Å². The van der Waals surface area contributed by atoms with Crippen LogP contribution in [-0.2, 0) is 4.74 Å². The van der Waals surface area contributed by atoms with Crippen LogP contribution in [0.5, 0.6) is 5.75 Å². The van der Waals surface area contributed by atoms with Crippen molar-refractivity contribution in [1.82, 2.24) is 5.32 Å². The van der Waals surface area contributed by atoms with E-state index in [-0.39, 0.29) is 0 Å². The lowest BCUT2D eigenvalue weighted by molar-refractivity contribution is 0.103. The predicted molar refractivity (Wildman–Crippen MR) is 76.8 cm³/mol. The summed E-state index contributed by atoms with van der Waals surface area (Å²) in [6.07, 6.45) is -0.514. The van der Waals surface area contributed by atoms with Gasteiger partial charge in [0.15, 0.2) is 0 Å². The number of nitrogens with one attached hydrogen (secondary N) is 1. The van der Waals surface area contributed by atoms with Gasteiger partial charge >= 0.3 is 0 Å². The molecular formula is C15H25NO3. The van der Waals surface area contributed by atoms with Gasteiger partial charge in [-0.15, -0.1) is 0 Å². The highest BCUT2D eigenvalue weighted by atomic mass is 16.5. The number of ether oxygens (including phenoxy) is 2. The molecule has 0 aliphatic heterocycles. The Kier molecular flexibility index (Phi) is 7.48. The van der Waals surface area contributed by atoms with Crippen LogP contribution < -0.4 is 10.1 Å². The van der Waals surface area contributed by atoms with Crippen LogP contribution in [0.1, 0.15) is 25.3 Å². The van der Waals surface area contributed by atoms with Crippen LogP contribution >= 0.6 is 0 Å². The summed E-state index contributed by atoms with van der Waals surface area (Å²) < 4.78 is 10.5. The molecule has 2 N–H and O–H groups in total. The highest BCUT2D eigenvalue weighted by molar-refractivity contribution is 5.30. The van der Waals surface area contributed by atoms with E-state index in [2.05, 4.69) is 25.2 Å². The zero-order valence-electron chi connectivity index (χ0n) is 12.1. The second-order valence-corrected chi connectivity index (χ2v) is 4.89. The Morgan fingerprint density at radius 1 is 1.32 bits per heavy atom. The van der Waals surface area contributed by atoms with Crippen molar-refractivity contribution in [2.75, 3.05) is 33.4 Å². The van der Waals surface area contributed by atoms with E-state index >= 15 is 0 Å². The predicted octanol–water partition coefficient (Wildman–Crippen LogP) is 1.79. The fourth-order valence-corrected chi connectivity index (χ4v) is 1.66. The number of benzene rings is 1. The monoisotopic (exact) mass is 267 g/mol. The highest BCUT2D eigenvalue weighted by Crippen LogP contribution is 2.20. The molecular weight excluding hydrogens is 242 g/mol. The van der Waals surface area contributed by atoms with Gasteiger partial charge in [0.25, 0.3) is 0 Å². The molecule has 1 rings (SSSR count). The molecule has 0 saturated carbocycles. The van der Waals surface area contributed by atoms with Gasteiger partial charge in [0.05, 0.1) is 6.61 Å². The fraction of sp³-hybridized carbons (Fsp3) is 0.600. The molecule has 1 unspecified atom stereocenters. The molecule has 0 aliphatic carbocycles. The number of methoxy groups -OCH3 is 1. The van der Waals surface area contributed by atoms with E-state index < -0.39 is 6.10 Å². The van der Waals surface area contributed by atoms with Gasteiger partial charge in [-0.1, -0.05) is 26.0 Å². The first kappa shape index (κ1) is 16.0. The third-order valence-electron chi connectivity index (χ3n) is 2.83. The van der Waals surface area contributed by atoms with Crippen molar-refractivity contribution in [1.29, 1.82) is 0 Å². The topological polar surface area (TPSA) is 50.7 Å². The van der Waals surface area contributed by atoms with Crippen molar-refractivity contribution in [2.45, 2.75) is 25.9 Å². The molecule has 1 aromatic rings. The van der Waals surface area contributed by atoms with Crippen LogP contribution in [0, 0.1) is 0 Å². The summed E-state index contributed by atoms with van der Waals surface area (Å²) in [4.78, 5) is 0. The minimum Gasteiger partial charge on any atom is -0.491 e. The molecule has 1 aromatic carbocycles. The zero-order valence-corrected chi connectivity index (χ0v) is 12.1. The van der Waals surface area contributed by atoms with Crippen molar-refractivity contribution in [3.8, 4) is 5.75 Å². The lowest BCUT2D eigenvalue weighted by Crippen LogP contribution is -2.33. The normalized spacial score (nSPS) is 12.7. The van der Waals surface area contributed by atoms with Crippen molar-refractivity contribution in [3.05, 3.63) is 29.8 Å². The van der Waals surface area contributed by atoms with Crippen LogP contribution in [0.3, 0.4) is 0 Å². The van der Waals surface area contributed by atoms with E-state index in [0.29, 0.717) is 25.7 Å². The second-order valence-electron chi connectivity index (χ2n) is 4.89. The molecule has 0 bridgehead atoms. The van der Waals surface area contributed by atoms with Crippen LogP contribution in [0.4, 0.5) is 0 Å². The third kappa shape index (κ3) is 6.57. The molecule has 0 fully saturated rings. The molecule has 0 aromatic heterocycles. The van der Waals surface area contributed by atoms with Crippen LogP contribution in [-0.4, -0.2) is 44.6 Å². The SMILES string of the molecule is COCCNCC(O)COc1cccc(C(C)C)c1. The van der Waals surface area contributed by atoms with E-state index in [1.807, 2.05) is 18.2 Å². The molecule has 0 amide bonds. The van der Waals surface area contributed by atoms with Crippen molar-refractivity contribution >= 4 is 0 Å². The standard InChI is InChI=1S/C15H25NO3/c1-12(2)13-5-4-6-15(9-13)19-11-14(17)10-16-7-8-18-3/h4-6,9,12,14,16-17H,7-8,10-11H2,1-3H3. The molecule has 0 radical (unpaired) electrons. The van der Waals surface area contributed by atoms with Gasteiger partial charge in [-0.3, -0.25) is 0 Å². The first-order chi connectivity index (χ1) is 9.13. The average molecular weight is 267 g/mol. The van der Waals surface area contributed by atoms with Crippen molar-refractivity contribution in [3.63, 3.8) is 0 Å². The Hall–Kier alpha value is -1.10. The second kappa shape index (κ2) is 8.91. The van der Waals surface area contributed by atoms with Gasteiger partial charge < -0.3 is 19.9 Å². The van der Waals surface area contributed by atoms with E-state index in [0.717, 1.165) is 12.3 Å². The summed E-state index contributed by atoms with van der Waals surface area (Å²) in [6, 6.07) is 8.00. The lowest BCUT2D eigenvalue weighted by Gasteiger charge is -2.14. The smallest absolute Gasteiger partial charge is 0.119 e. The van der Waals surface area contributed by atoms with Gasteiger partial charge in [-0.2, -0.15) is 0 Å². The molecule has 108 valence electrons. The summed E-state index contributed by atoms with van der Waals surface area (Å²) >= 11 is 0. The molecule has 0 aliphatic rings. The third-order valence-corrected chi connectivity index (χ3v) is 2.83. The van der Waals surface area contributed by atoms with E-state index in [1.165, 1.54) is 5.56 Å². The Morgan fingerprint density at radius 3 is 2.79 bits per heavy atom. The summed E-state index contributed by atoms with van der Waals surface area (Å²) in [5.74, 6) is 1.28. The van der Waals surface area contributed by atoms with Gasteiger partial charge in [0.2, 0.25) is 0 Å². The van der Waals surface area contributed by atoms with E-state index in [4.69, 9.17) is 9.47 Å². The summed E-state index contributed by atoms with van der Waals surface area (Å²) in [7, 11) is 1.66. The van der Waals surface area contributed by atoms with E-state index in [1.54, 1.807) is 7.11 Å². The average Bonchev–Trinajstić information content (AvgIpc) is 2.41. The Labute approximate surface area is 115 Å². The van der Waals surface area contributed by atoms with Gasteiger partial charge in [-0.05, 0) is 23.6 Å². The van der Waals surface area contributed by atoms with Crippen molar-refractivity contribution < 1.29 is 14.6 Å². The lowest BCUT2D eigenvalue weighted by atomic mass is 10.0. The summed E-state index contributed by atoms with van der Waals surface area (Å²) in [5, 5.41) is 12.9. The molecule has 4 heteroatoms. The summed E-state index contributed by atoms with van der Waals surface area (Å²) in [6.45, 7) is 6.47. The largest absolute Gasteiger partial charge is 0.491 e. The Balaban J connectivity index is 2.29. The molecule has 0 spiro atoms. The van der Waals surface area contributed by atoms with Crippen LogP contribution in [0.25, 0.3) is 0 Å². The Bertz CT molecular complexity index is 355. The number of aliphatic hydroxyl groups excluding tert-OH is 1. The first-order valence-corrected chi connectivity index (χ1v) is 6.74. The highest BCUT2D eigenvalue weighted by Gasteiger charge is 2.06. The number of hydrogen-bond acceptors (Lipinski definition) is 4. The minimum atomic E-state index is -0.514. The van der Waals surface area contributed by atoms with Gasteiger partial charge in [0.1, 0.15) is 18.5 Å². The number of hydrogen-bond donors (Lipinski definition) is 2. The molecule has 19 heavy (non-hydrogen) atoms. The molecule has 4 nitrogen and oxygen atoms in total. The Morgan fingerprint density at radius 2 is 2.11 bits per heavy atom. The zero-order chi connectivity index (χ0) is 14.1. The fourth-order valence-electron chi connectivity index (χ4n) is 1.66. The van der Waals surface area contributed by atoms with E-state index in [9.17, 15) is 5.11 Å². The molecule has 1 atom stereocenters. The maximum Gasteiger partial charge on any atom is 0.119 e. The first-order valence-electron chi connectivity index (χ1n) is 6.74.